The lowest BCUT2D eigenvalue weighted by Gasteiger charge is -1.95. The highest BCUT2D eigenvalue weighted by atomic mass is 16.1. The summed E-state index contributed by atoms with van der Waals surface area (Å²) in [6.45, 7) is 3.89. The average Bonchev–Trinajstić information content (AvgIpc) is 3.59. The Morgan fingerprint density at radius 1 is 0.756 bits per heavy atom. The minimum absolute atomic E-state index is 0.0978. The second-order valence-corrected chi connectivity index (χ2v) is 9.08. The van der Waals surface area contributed by atoms with Crippen LogP contribution < -0.4 is 0 Å². The van der Waals surface area contributed by atoms with E-state index in [2.05, 4.69) is 61.4 Å². The normalized spacial score (nSPS) is 10.1. The number of hydrogen-bond donors (Lipinski definition) is 0. The van der Waals surface area contributed by atoms with Crippen LogP contribution in [-0.2, 0) is 14.1 Å². The third-order valence-corrected chi connectivity index (χ3v) is 5.97. The zero-order valence-corrected chi connectivity index (χ0v) is 23.6. The second-order valence-electron chi connectivity index (χ2n) is 9.08. The Morgan fingerprint density at radius 2 is 1.46 bits per heavy atom. The number of pyridine rings is 1. The summed E-state index contributed by atoms with van der Waals surface area (Å²) in [4.78, 5) is 24.5. The maximum atomic E-state index is 11.0. The molecule has 4 heterocycles. The summed E-state index contributed by atoms with van der Waals surface area (Å²) in [7, 11) is 3.77. The van der Waals surface area contributed by atoms with E-state index in [0.717, 1.165) is 21.9 Å². The van der Waals surface area contributed by atoms with Gasteiger partial charge in [-0.15, -0.1) is 0 Å². The van der Waals surface area contributed by atoms with Crippen LogP contribution in [0, 0.1) is 6.92 Å². The van der Waals surface area contributed by atoms with Gasteiger partial charge in [0.15, 0.2) is 5.78 Å². The van der Waals surface area contributed by atoms with Crippen molar-refractivity contribution in [3.05, 3.63) is 121 Å². The van der Waals surface area contributed by atoms with Crippen molar-refractivity contribution in [2.45, 2.75) is 20.3 Å². The van der Waals surface area contributed by atoms with Crippen molar-refractivity contribution in [1.82, 2.24) is 39.7 Å². The molecule has 7 rings (SSSR count). The van der Waals surface area contributed by atoms with Gasteiger partial charge in [-0.1, -0.05) is 55.0 Å². The molecule has 0 spiro atoms. The van der Waals surface area contributed by atoms with Gasteiger partial charge < -0.3 is 0 Å². The van der Waals surface area contributed by atoms with Gasteiger partial charge in [0, 0.05) is 43.7 Å². The van der Waals surface area contributed by atoms with Gasteiger partial charge in [0.05, 0.1) is 17.2 Å². The van der Waals surface area contributed by atoms with Crippen LogP contribution in [0.25, 0.3) is 32.8 Å². The predicted molar refractivity (Wildman–Crippen MR) is 162 cm³/mol. The highest BCUT2D eigenvalue weighted by molar-refractivity contribution is 5.93. The molecule has 0 N–H and O–H groups in total. The maximum absolute atomic E-state index is 11.0. The predicted octanol–water partition coefficient (Wildman–Crippen LogP) is 6.15. The van der Waals surface area contributed by atoms with E-state index in [1.165, 1.54) is 16.5 Å². The number of benzene rings is 3. The van der Waals surface area contributed by atoms with Crippen molar-refractivity contribution in [2.75, 3.05) is 0 Å². The molecular weight excluding hydrogens is 512 g/mol. The fraction of sp³-hybridized carbons (Fsp3) is 0.156. The number of para-hydroxylation sites is 1. The number of rotatable bonds is 2. The van der Waals surface area contributed by atoms with Gasteiger partial charge in [0.2, 0.25) is 0 Å². The van der Waals surface area contributed by atoms with Crippen molar-refractivity contribution >= 4 is 38.6 Å². The Balaban J connectivity index is 0.000000126. The summed E-state index contributed by atoms with van der Waals surface area (Å²) in [6, 6.07) is 27.4. The van der Waals surface area contributed by atoms with Gasteiger partial charge in [0.1, 0.15) is 23.1 Å². The van der Waals surface area contributed by atoms with Crippen LogP contribution in [-0.4, -0.2) is 45.5 Å². The summed E-state index contributed by atoms with van der Waals surface area (Å²) in [5.41, 5.74) is 5.89. The molecule has 0 aliphatic rings. The quantitative estimate of drug-likeness (QED) is 0.240. The number of nitrogens with zero attached hydrogens (tertiary/aromatic N) is 8. The SMILES string of the molecule is CCC(=O)c1ccccn1.Cc1ccc2ncncc2c1.Cn1nc2ccccc2n1.Cn1ncc2ccccc21. The first-order valence-corrected chi connectivity index (χ1v) is 13.2. The molecule has 0 saturated heterocycles. The first kappa shape index (κ1) is 28.7. The topological polar surface area (TPSA) is 104 Å². The third-order valence-electron chi connectivity index (χ3n) is 5.97. The summed E-state index contributed by atoms with van der Waals surface area (Å²) >= 11 is 0. The third kappa shape index (κ3) is 8.09. The van der Waals surface area contributed by atoms with Crippen LogP contribution in [0.4, 0.5) is 0 Å². The molecular formula is C32H32N8O. The van der Waals surface area contributed by atoms with Crippen LogP contribution in [0.15, 0.2) is 110 Å². The van der Waals surface area contributed by atoms with Crippen molar-refractivity contribution in [1.29, 1.82) is 0 Å². The lowest BCUT2D eigenvalue weighted by atomic mass is 10.2. The number of Topliss-reactive ketones (excluding diaryl/α,β-unsaturated/α-hetero) is 1. The fourth-order valence-electron chi connectivity index (χ4n) is 3.88. The van der Waals surface area contributed by atoms with Gasteiger partial charge in [-0.2, -0.15) is 20.1 Å². The lowest BCUT2D eigenvalue weighted by Crippen LogP contribution is -1.98. The molecule has 206 valence electrons. The molecule has 7 aromatic rings. The van der Waals surface area contributed by atoms with Gasteiger partial charge in [-0.25, -0.2) is 9.97 Å². The van der Waals surface area contributed by atoms with Crippen LogP contribution in [0.5, 0.6) is 0 Å². The number of fused-ring (bicyclic) bond motifs is 3. The Kier molecular flexibility index (Phi) is 9.92. The highest BCUT2D eigenvalue weighted by Crippen LogP contribution is 2.11. The van der Waals surface area contributed by atoms with E-state index >= 15 is 0 Å². The molecule has 41 heavy (non-hydrogen) atoms. The van der Waals surface area contributed by atoms with Crippen LogP contribution in [0.1, 0.15) is 29.4 Å². The summed E-state index contributed by atoms with van der Waals surface area (Å²) in [6.07, 6.45) is 7.42. The molecule has 0 atom stereocenters. The molecule has 0 radical (unpaired) electrons. The Labute approximate surface area is 238 Å². The minimum atomic E-state index is 0.0978. The molecule has 4 aromatic heterocycles. The zero-order chi connectivity index (χ0) is 29.0. The Bertz CT molecular complexity index is 1800. The highest BCUT2D eigenvalue weighted by Gasteiger charge is 2.00. The van der Waals surface area contributed by atoms with Crippen LogP contribution in [0.2, 0.25) is 0 Å². The second kappa shape index (κ2) is 14.2. The summed E-state index contributed by atoms with van der Waals surface area (Å²) in [5.74, 6) is 0.0978. The molecule has 0 aliphatic carbocycles. The molecule has 0 fully saturated rings. The summed E-state index contributed by atoms with van der Waals surface area (Å²) in [5, 5.41) is 14.7. The average molecular weight is 545 g/mol. The molecule has 0 saturated carbocycles. The van der Waals surface area contributed by atoms with Gasteiger partial charge in [0.25, 0.3) is 0 Å². The fourth-order valence-corrected chi connectivity index (χ4v) is 3.88. The van der Waals surface area contributed by atoms with E-state index in [1.54, 1.807) is 29.5 Å². The first-order valence-electron chi connectivity index (χ1n) is 13.2. The lowest BCUT2D eigenvalue weighted by molar-refractivity contribution is 0.0983. The van der Waals surface area contributed by atoms with E-state index in [4.69, 9.17) is 0 Å². The standard InChI is InChI=1S/C9H8N2.C8H8N2.C8H9NO.C7H7N3/c1-7-2-3-9-8(4-7)5-10-6-11-9;1-10-8-5-3-2-4-7(8)6-9-10;1-2-8(10)7-5-3-4-6-9-7;1-10-8-6-4-2-3-5-7(6)9-10/h2-6H,1H3;2-6H,1H3;3-6H,2H2,1H3;2-5H,1H3. The first-order chi connectivity index (χ1) is 19.9. The number of ketones is 1. The molecule has 0 unspecified atom stereocenters. The largest absolute Gasteiger partial charge is 0.292 e. The van der Waals surface area contributed by atoms with E-state index < -0.39 is 0 Å². The smallest absolute Gasteiger partial charge is 0.180 e. The Morgan fingerprint density at radius 3 is 2.15 bits per heavy atom. The van der Waals surface area contributed by atoms with Crippen molar-refractivity contribution in [2.24, 2.45) is 14.1 Å². The van der Waals surface area contributed by atoms with Gasteiger partial charge in [-0.3, -0.25) is 14.5 Å². The molecule has 3 aromatic carbocycles. The molecule has 0 aliphatic heterocycles. The monoisotopic (exact) mass is 544 g/mol. The van der Waals surface area contributed by atoms with Crippen molar-refractivity contribution in [3.8, 4) is 0 Å². The summed E-state index contributed by atoms with van der Waals surface area (Å²) < 4.78 is 1.87. The van der Waals surface area contributed by atoms with Crippen LogP contribution in [0.3, 0.4) is 0 Å². The number of hydrogen-bond acceptors (Lipinski definition) is 7. The van der Waals surface area contributed by atoms with Crippen LogP contribution >= 0.6 is 0 Å². The van der Waals surface area contributed by atoms with E-state index in [9.17, 15) is 4.79 Å². The molecule has 9 heteroatoms. The number of aromatic nitrogens is 8. The number of aryl methyl sites for hydroxylation is 3. The van der Waals surface area contributed by atoms with Gasteiger partial charge >= 0.3 is 0 Å². The number of carbonyl (C=O) groups is 1. The minimum Gasteiger partial charge on any atom is -0.292 e. The van der Waals surface area contributed by atoms with E-state index in [1.807, 2.05) is 86.6 Å². The zero-order valence-electron chi connectivity index (χ0n) is 23.6. The Hall–Kier alpha value is -5.31. The van der Waals surface area contributed by atoms with E-state index in [0.29, 0.717) is 12.1 Å². The molecule has 9 nitrogen and oxygen atoms in total. The molecule has 0 bridgehead atoms. The number of carbonyl (C=O) groups excluding carboxylic acids is 1. The maximum Gasteiger partial charge on any atom is 0.180 e. The molecule has 0 amide bonds. The van der Waals surface area contributed by atoms with Gasteiger partial charge in [-0.05, 0) is 49.4 Å². The van der Waals surface area contributed by atoms with Crippen molar-refractivity contribution in [3.63, 3.8) is 0 Å². The van der Waals surface area contributed by atoms with E-state index in [-0.39, 0.29) is 5.78 Å². The van der Waals surface area contributed by atoms with Crippen molar-refractivity contribution < 1.29 is 4.79 Å².